The minimum absolute atomic E-state index is 0.0494. The van der Waals surface area contributed by atoms with Gasteiger partial charge in [-0.15, -0.1) is 0 Å². The summed E-state index contributed by atoms with van der Waals surface area (Å²) in [5.74, 6) is 3.55. The van der Waals surface area contributed by atoms with Crippen molar-refractivity contribution in [2.24, 2.45) is 11.8 Å². The number of hydrogen-bond donors (Lipinski definition) is 2. The topological polar surface area (TPSA) is 104 Å². The van der Waals surface area contributed by atoms with Crippen LogP contribution in [0.25, 0.3) is 0 Å². The van der Waals surface area contributed by atoms with Crippen LogP contribution < -0.4 is 10.2 Å². The first kappa shape index (κ1) is 20.7. The molecule has 10 heteroatoms. The van der Waals surface area contributed by atoms with Crippen LogP contribution in [0.4, 0.5) is 11.8 Å². The number of rotatable bonds is 5. The summed E-state index contributed by atoms with van der Waals surface area (Å²) in [6.07, 6.45) is 6.85. The highest BCUT2D eigenvalue weighted by atomic mass is 35.5. The molecule has 2 unspecified atom stereocenters. The van der Waals surface area contributed by atoms with Crippen molar-refractivity contribution in [3.05, 3.63) is 28.9 Å². The lowest BCUT2D eigenvalue weighted by atomic mass is 9.77. The second-order valence-corrected chi connectivity index (χ2v) is 12.8. The number of piperidine rings is 1. The molecule has 3 atom stereocenters. The van der Waals surface area contributed by atoms with Crippen LogP contribution in [0, 0.1) is 11.8 Å². The lowest BCUT2D eigenvalue weighted by Crippen LogP contribution is -2.48. The van der Waals surface area contributed by atoms with E-state index in [9.17, 15) is 9.32 Å². The Kier molecular flexibility index (Phi) is 4.59. The van der Waals surface area contributed by atoms with Gasteiger partial charge in [0, 0.05) is 37.8 Å². The Hall–Kier alpha value is -1.84. The Morgan fingerprint density at radius 1 is 1.22 bits per heavy atom. The Morgan fingerprint density at radius 2 is 1.91 bits per heavy atom. The molecule has 6 rings (SSSR count). The van der Waals surface area contributed by atoms with Crippen molar-refractivity contribution < 1.29 is 9.32 Å². The van der Waals surface area contributed by atoms with E-state index in [-0.39, 0.29) is 16.9 Å². The van der Waals surface area contributed by atoms with E-state index in [1.807, 2.05) is 13.8 Å². The number of aromatic nitrogens is 4. The highest BCUT2D eigenvalue weighted by Crippen LogP contribution is 2.57. The quantitative estimate of drug-likeness (QED) is 0.681. The smallest absolute Gasteiger partial charge is 0.227 e. The van der Waals surface area contributed by atoms with Crippen LogP contribution in [0.2, 0.25) is 5.02 Å². The van der Waals surface area contributed by atoms with Crippen LogP contribution in [0.3, 0.4) is 0 Å². The molecule has 1 saturated heterocycles. The predicted octanol–water partition coefficient (Wildman–Crippen LogP) is 2.54. The van der Waals surface area contributed by atoms with Crippen molar-refractivity contribution in [2.75, 3.05) is 29.9 Å². The van der Waals surface area contributed by atoms with Gasteiger partial charge < -0.3 is 15.3 Å². The zero-order valence-electron chi connectivity index (χ0n) is 18.2. The molecule has 2 aliphatic heterocycles. The maximum Gasteiger partial charge on any atom is 0.227 e. The minimum atomic E-state index is -1.19. The summed E-state index contributed by atoms with van der Waals surface area (Å²) in [5, 5.41) is 14.0. The third-order valence-corrected chi connectivity index (χ3v) is 9.76. The van der Waals surface area contributed by atoms with Gasteiger partial charge in [-0.05, 0) is 44.9 Å². The maximum absolute atomic E-state index is 13.2. The van der Waals surface area contributed by atoms with Gasteiger partial charge in [-0.1, -0.05) is 11.6 Å². The van der Waals surface area contributed by atoms with E-state index in [1.54, 1.807) is 12.4 Å². The number of fused-ring (bicyclic) bond motifs is 2. The molecule has 2 aliphatic carbocycles. The predicted molar refractivity (Wildman–Crippen MR) is 122 cm³/mol. The van der Waals surface area contributed by atoms with Gasteiger partial charge in [-0.3, -0.25) is 4.21 Å². The van der Waals surface area contributed by atoms with Crippen molar-refractivity contribution in [1.29, 1.82) is 0 Å². The molecule has 2 aromatic rings. The third kappa shape index (κ3) is 3.15. The lowest BCUT2D eigenvalue weighted by molar-refractivity contribution is 0.143. The SMILES string of the molecule is CC1(C)Cc2nc(N3CC4C(C3)C4c3ncc(Cl)cn3)nc(NC3(CO)CCC3)c2[S@]1=O. The molecule has 3 fully saturated rings. The number of aliphatic hydroxyl groups is 1. The molecule has 2 N–H and O–H groups in total. The van der Waals surface area contributed by atoms with Gasteiger partial charge in [0.15, 0.2) is 0 Å². The number of nitrogens with one attached hydrogen (secondary N) is 1. The first-order valence-electron chi connectivity index (χ1n) is 11.2. The number of halogens is 1. The minimum Gasteiger partial charge on any atom is -0.394 e. The van der Waals surface area contributed by atoms with Crippen LogP contribution in [-0.2, 0) is 17.2 Å². The van der Waals surface area contributed by atoms with Gasteiger partial charge in [-0.2, -0.15) is 4.98 Å². The molecule has 170 valence electrons. The zero-order chi connectivity index (χ0) is 22.3. The summed E-state index contributed by atoms with van der Waals surface area (Å²) in [6.45, 7) is 5.80. The second kappa shape index (κ2) is 7.08. The standard InChI is InChI=1S/C22H27ClN6O2S/c1-21(2)6-15-17(32(21)31)19(28-22(11-30)4-3-5-22)27-20(26-15)29-9-13-14(10-29)16(13)18-24-7-12(23)8-25-18/h7-8,13-14,16,30H,3-6,9-11H2,1-2H3,(H,26,27,28)/t13?,14?,16?,32-/m1/s1. The van der Waals surface area contributed by atoms with Gasteiger partial charge in [0.2, 0.25) is 5.95 Å². The van der Waals surface area contributed by atoms with Gasteiger partial charge in [0.25, 0.3) is 0 Å². The Balaban J connectivity index is 1.28. The fourth-order valence-corrected chi connectivity index (χ4v) is 7.04. The Morgan fingerprint density at radius 3 is 2.50 bits per heavy atom. The maximum atomic E-state index is 13.2. The van der Waals surface area contributed by atoms with Crippen molar-refractivity contribution in [2.45, 2.75) is 60.6 Å². The van der Waals surface area contributed by atoms with E-state index in [2.05, 4.69) is 20.2 Å². The molecule has 8 nitrogen and oxygen atoms in total. The first-order chi connectivity index (χ1) is 15.3. The molecule has 32 heavy (non-hydrogen) atoms. The summed E-state index contributed by atoms with van der Waals surface area (Å²) >= 11 is 5.93. The molecule has 0 bridgehead atoms. The Labute approximate surface area is 194 Å². The van der Waals surface area contributed by atoms with Crippen LogP contribution in [0.15, 0.2) is 17.3 Å². The first-order valence-corrected chi connectivity index (χ1v) is 12.8. The van der Waals surface area contributed by atoms with Crippen molar-refractivity contribution >= 4 is 34.2 Å². The molecule has 0 spiro atoms. The summed E-state index contributed by atoms with van der Waals surface area (Å²) in [5.41, 5.74) is 0.506. The Bertz CT molecular complexity index is 1090. The number of anilines is 2. The average Bonchev–Trinajstić information content (AvgIpc) is 3.11. The highest BCUT2D eigenvalue weighted by Gasteiger charge is 2.58. The average molecular weight is 475 g/mol. The summed E-state index contributed by atoms with van der Waals surface area (Å²) in [6, 6.07) is 0. The molecule has 2 saturated carbocycles. The fraction of sp³-hybridized carbons (Fsp3) is 0.636. The zero-order valence-corrected chi connectivity index (χ0v) is 19.8. The van der Waals surface area contributed by atoms with E-state index >= 15 is 0 Å². The van der Waals surface area contributed by atoms with Crippen LogP contribution in [0.1, 0.15) is 50.5 Å². The van der Waals surface area contributed by atoms with Crippen molar-refractivity contribution in [1.82, 2.24) is 19.9 Å². The number of hydrogen-bond acceptors (Lipinski definition) is 8. The summed E-state index contributed by atoms with van der Waals surface area (Å²) in [7, 11) is -1.19. The van der Waals surface area contributed by atoms with Crippen molar-refractivity contribution in [3.63, 3.8) is 0 Å². The van der Waals surface area contributed by atoms with Gasteiger partial charge in [0.1, 0.15) is 16.5 Å². The van der Waals surface area contributed by atoms with Crippen LogP contribution in [-0.4, -0.2) is 59.2 Å². The molecule has 0 aromatic carbocycles. The molecule has 2 aromatic heterocycles. The lowest BCUT2D eigenvalue weighted by Gasteiger charge is -2.41. The monoisotopic (exact) mass is 474 g/mol. The molecule has 4 heterocycles. The van der Waals surface area contributed by atoms with Crippen molar-refractivity contribution in [3.8, 4) is 0 Å². The molecule has 0 radical (unpaired) electrons. The summed E-state index contributed by atoms with van der Waals surface area (Å²) in [4.78, 5) is 21.5. The molecule has 0 amide bonds. The fourth-order valence-electron chi connectivity index (χ4n) is 5.51. The van der Waals surface area contributed by atoms with Gasteiger partial charge in [-0.25, -0.2) is 15.0 Å². The number of nitrogens with zero attached hydrogens (tertiary/aromatic N) is 5. The highest BCUT2D eigenvalue weighted by molar-refractivity contribution is 7.87. The van der Waals surface area contributed by atoms with E-state index in [4.69, 9.17) is 21.6 Å². The molecular weight excluding hydrogens is 448 g/mol. The van der Waals surface area contributed by atoms with E-state index in [0.717, 1.165) is 48.8 Å². The third-order valence-electron chi connectivity index (χ3n) is 7.62. The van der Waals surface area contributed by atoms with Crippen LogP contribution >= 0.6 is 11.6 Å². The van der Waals surface area contributed by atoms with Crippen LogP contribution in [0.5, 0.6) is 0 Å². The van der Waals surface area contributed by atoms with Gasteiger partial charge >= 0.3 is 0 Å². The van der Waals surface area contributed by atoms with E-state index < -0.39 is 10.8 Å². The van der Waals surface area contributed by atoms with E-state index in [0.29, 0.717) is 41.0 Å². The van der Waals surface area contributed by atoms with E-state index in [1.165, 1.54) is 0 Å². The summed E-state index contributed by atoms with van der Waals surface area (Å²) < 4.78 is 12.9. The largest absolute Gasteiger partial charge is 0.394 e. The number of aliphatic hydroxyl groups excluding tert-OH is 1. The second-order valence-electron chi connectivity index (χ2n) is 10.3. The molecular formula is C22H27ClN6O2S. The normalized spacial score (nSPS) is 31.1. The van der Waals surface area contributed by atoms with Gasteiger partial charge in [0.05, 0.1) is 38.4 Å². The molecule has 4 aliphatic rings.